The largest absolute Gasteiger partial charge is 0.385 e. The number of para-hydroxylation sites is 1. The Morgan fingerprint density at radius 1 is 1.00 bits per heavy atom. The summed E-state index contributed by atoms with van der Waals surface area (Å²) in [5.41, 5.74) is 2.43. The van der Waals surface area contributed by atoms with Crippen LogP contribution >= 0.6 is 0 Å². The normalized spacial score (nSPS) is 18.7. The van der Waals surface area contributed by atoms with Gasteiger partial charge in [0.15, 0.2) is 0 Å². The van der Waals surface area contributed by atoms with Gasteiger partial charge in [-0.2, -0.15) is 0 Å². The first-order valence-electron chi connectivity index (χ1n) is 10.1. The number of nitrogens with zero attached hydrogens (tertiary/aromatic N) is 3. The molecule has 0 unspecified atom stereocenters. The molecule has 0 spiro atoms. The first-order chi connectivity index (χ1) is 12.8. The molecular formula is C21H33N3O2. The lowest BCUT2D eigenvalue weighted by Gasteiger charge is -2.36. The number of rotatable bonds is 8. The smallest absolute Gasteiger partial charge is 0.241 e. The molecule has 0 radical (unpaired) electrons. The summed E-state index contributed by atoms with van der Waals surface area (Å²) < 4.78 is 5.10. The maximum Gasteiger partial charge on any atom is 0.241 e. The van der Waals surface area contributed by atoms with Crippen LogP contribution in [0.3, 0.4) is 0 Å². The summed E-state index contributed by atoms with van der Waals surface area (Å²) >= 11 is 0. The Labute approximate surface area is 157 Å². The minimum absolute atomic E-state index is 0.255. The molecule has 1 amide bonds. The molecule has 2 aliphatic rings. The summed E-state index contributed by atoms with van der Waals surface area (Å²) in [5, 5.41) is 0. The van der Waals surface area contributed by atoms with Crippen molar-refractivity contribution in [3.63, 3.8) is 0 Å². The van der Waals surface area contributed by atoms with Gasteiger partial charge in [0.2, 0.25) is 5.91 Å². The minimum Gasteiger partial charge on any atom is -0.385 e. The van der Waals surface area contributed by atoms with Crippen molar-refractivity contribution in [3.05, 3.63) is 29.8 Å². The van der Waals surface area contributed by atoms with Crippen LogP contribution in [0.5, 0.6) is 0 Å². The van der Waals surface area contributed by atoms with E-state index in [0.29, 0.717) is 6.54 Å². The molecule has 5 nitrogen and oxygen atoms in total. The third kappa shape index (κ3) is 5.29. The van der Waals surface area contributed by atoms with Crippen molar-refractivity contribution in [1.82, 2.24) is 9.80 Å². The highest BCUT2D eigenvalue weighted by atomic mass is 16.5. The van der Waals surface area contributed by atoms with Crippen LogP contribution in [-0.2, 0) is 16.0 Å². The highest BCUT2D eigenvalue weighted by Gasteiger charge is 2.25. The van der Waals surface area contributed by atoms with Gasteiger partial charge in [-0.15, -0.1) is 0 Å². The average molecular weight is 360 g/mol. The Kier molecular flexibility index (Phi) is 7.47. The number of hydrogen-bond acceptors (Lipinski definition) is 4. The van der Waals surface area contributed by atoms with Gasteiger partial charge >= 0.3 is 0 Å². The molecule has 1 fully saturated rings. The number of methoxy groups -OCH3 is 1. The van der Waals surface area contributed by atoms with Crippen LogP contribution in [0.25, 0.3) is 0 Å². The van der Waals surface area contributed by atoms with Gasteiger partial charge in [-0.05, 0) is 50.3 Å². The number of piperazine rings is 1. The zero-order valence-corrected chi connectivity index (χ0v) is 16.2. The second kappa shape index (κ2) is 10.0. The molecule has 5 heteroatoms. The van der Waals surface area contributed by atoms with E-state index in [2.05, 4.69) is 28.0 Å². The van der Waals surface area contributed by atoms with Gasteiger partial charge in [0.1, 0.15) is 0 Å². The minimum atomic E-state index is 0.255. The van der Waals surface area contributed by atoms with Crippen molar-refractivity contribution in [1.29, 1.82) is 0 Å². The van der Waals surface area contributed by atoms with E-state index < -0.39 is 0 Å². The highest BCUT2D eigenvalue weighted by Crippen LogP contribution is 2.26. The molecule has 1 aromatic rings. The summed E-state index contributed by atoms with van der Waals surface area (Å²) in [7, 11) is 1.77. The first kappa shape index (κ1) is 19.3. The number of fused-ring (bicyclic) bond motifs is 1. The van der Waals surface area contributed by atoms with Gasteiger partial charge in [-0.25, -0.2) is 0 Å². The fourth-order valence-corrected chi connectivity index (χ4v) is 4.00. The topological polar surface area (TPSA) is 36.0 Å². The van der Waals surface area contributed by atoms with Crippen LogP contribution < -0.4 is 4.90 Å². The van der Waals surface area contributed by atoms with Crippen molar-refractivity contribution in [2.24, 2.45) is 0 Å². The van der Waals surface area contributed by atoms with Gasteiger partial charge in [-0.1, -0.05) is 18.2 Å². The van der Waals surface area contributed by atoms with Crippen LogP contribution in [0.15, 0.2) is 24.3 Å². The Bertz CT molecular complexity index is 570. The first-order valence-corrected chi connectivity index (χ1v) is 10.1. The van der Waals surface area contributed by atoms with E-state index in [-0.39, 0.29) is 5.91 Å². The predicted octanol–water partition coefficient (Wildman–Crippen LogP) is 2.40. The van der Waals surface area contributed by atoms with E-state index in [1.807, 2.05) is 11.0 Å². The molecule has 0 N–H and O–H groups in total. The molecule has 0 atom stereocenters. The molecule has 144 valence electrons. The van der Waals surface area contributed by atoms with Crippen molar-refractivity contribution in [3.8, 4) is 0 Å². The molecule has 26 heavy (non-hydrogen) atoms. The summed E-state index contributed by atoms with van der Waals surface area (Å²) in [4.78, 5) is 19.7. The second-order valence-corrected chi connectivity index (χ2v) is 7.45. The summed E-state index contributed by atoms with van der Waals surface area (Å²) in [5.74, 6) is 0.255. The van der Waals surface area contributed by atoms with Crippen molar-refractivity contribution in [2.75, 3.05) is 64.4 Å². The zero-order valence-electron chi connectivity index (χ0n) is 16.2. The fourth-order valence-electron chi connectivity index (χ4n) is 4.00. The molecule has 0 aliphatic carbocycles. The fraction of sp³-hybridized carbons (Fsp3) is 0.667. The third-order valence-electron chi connectivity index (χ3n) is 5.56. The van der Waals surface area contributed by atoms with Gasteiger partial charge in [-0.3, -0.25) is 9.69 Å². The van der Waals surface area contributed by atoms with Gasteiger partial charge < -0.3 is 14.5 Å². The van der Waals surface area contributed by atoms with E-state index >= 15 is 0 Å². The quantitative estimate of drug-likeness (QED) is 0.668. The van der Waals surface area contributed by atoms with Crippen molar-refractivity contribution >= 4 is 11.6 Å². The molecule has 0 bridgehead atoms. The van der Waals surface area contributed by atoms with Crippen LogP contribution in [0.2, 0.25) is 0 Å². The molecule has 2 aliphatic heterocycles. The van der Waals surface area contributed by atoms with Crippen LogP contribution in [-0.4, -0.2) is 75.2 Å². The number of hydrogen-bond donors (Lipinski definition) is 0. The number of benzene rings is 1. The molecule has 0 saturated carbocycles. The Hall–Kier alpha value is -1.43. The number of aryl methyl sites for hydroxylation is 1. The van der Waals surface area contributed by atoms with E-state index in [4.69, 9.17) is 4.74 Å². The van der Waals surface area contributed by atoms with Gasteiger partial charge in [0, 0.05) is 52.1 Å². The van der Waals surface area contributed by atoms with E-state index in [9.17, 15) is 4.79 Å². The van der Waals surface area contributed by atoms with Crippen LogP contribution in [0, 0.1) is 0 Å². The highest BCUT2D eigenvalue weighted by molar-refractivity contribution is 5.95. The van der Waals surface area contributed by atoms with Crippen LogP contribution in [0.4, 0.5) is 5.69 Å². The molecule has 1 aromatic carbocycles. The molecule has 1 saturated heterocycles. The number of carbonyl (C=O) groups excluding carboxylic acids is 1. The van der Waals surface area contributed by atoms with Gasteiger partial charge in [0.25, 0.3) is 0 Å². The number of unbranched alkanes of at least 4 members (excludes halogenated alkanes) is 2. The lowest BCUT2D eigenvalue weighted by molar-refractivity contribution is -0.120. The Balaban J connectivity index is 1.40. The predicted molar refractivity (Wildman–Crippen MR) is 106 cm³/mol. The standard InChI is InChI=1S/C21H33N3O2/c1-26-17-6-2-5-11-22-13-15-23(16-14-22)18-21(25)24-12-7-9-19-8-3-4-10-20(19)24/h3-4,8,10H,2,5-7,9,11-18H2,1H3. The molecule has 3 rings (SSSR count). The number of anilines is 1. The Morgan fingerprint density at radius 2 is 1.77 bits per heavy atom. The monoisotopic (exact) mass is 359 g/mol. The van der Waals surface area contributed by atoms with Crippen molar-refractivity contribution < 1.29 is 9.53 Å². The average Bonchev–Trinajstić information content (AvgIpc) is 2.68. The maximum atomic E-state index is 12.8. The second-order valence-electron chi connectivity index (χ2n) is 7.45. The number of amides is 1. The SMILES string of the molecule is COCCCCCN1CCN(CC(=O)N2CCCc3ccccc32)CC1. The summed E-state index contributed by atoms with van der Waals surface area (Å²) in [6.45, 7) is 7.61. The number of carbonyl (C=O) groups is 1. The third-order valence-corrected chi connectivity index (χ3v) is 5.56. The zero-order chi connectivity index (χ0) is 18.2. The summed E-state index contributed by atoms with van der Waals surface area (Å²) in [6.07, 6.45) is 5.79. The van der Waals surface area contributed by atoms with E-state index in [0.717, 1.165) is 64.3 Å². The lowest BCUT2D eigenvalue weighted by atomic mass is 10.0. The summed E-state index contributed by atoms with van der Waals surface area (Å²) in [6, 6.07) is 8.35. The van der Waals surface area contributed by atoms with Gasteiger partial charge in [0.05, 0.1) is 6.54 Å². The van der Waals surface area contributed by atoms with E-state index in [1.54, 1.807) is 7.11 Å². The van der Waals surface area contributed by atoms with E-state index in [1.165, 1.54) is 24.9 Å². The molecule has 0 aromatic heterocycles. The Morgan fingerprint density at radius 3 is 2.58 bits per heavy atom. The lowest BCUT2D eigenvalue weighted by Crippen LogP contribution is -2.50. The van der Waals surface area contributed by atoms with Crippen molar-refractivity contribution in [2.45, 2.75) is 32.1 Å². The number of ether oxygens (including phenoxy) is 1. The molecular weight excluding hydrogens is 326 g/mol. The molecule has 2 heterocycles. The maximum absolute atomic E-state index is 12.8. The van der Waals surface area contributed by atoms with Crippen LogP contribution in [0.1, 0.15) is 31.2 Å².